The van der Waals surface area contributed by atoms with E-state index < -0.39 is 0 Å². The smallest absolute Gasteiger partial charge is 0.259 e. The number of aliphatic hydroxyl groups excluding tert-OH is 1. The number of rotatable bonds is 3. The third kappa shape index (κ3) is 2.52. The van der Waals surface area contributed by atoms with Crippen molar-refractivity contribution in [3.63, 3.8) is 0 Å². The molecule has 1 atom stereocenters. The lowest BCUT2D eigenvalue weighted by molar-refractivity contribution is -0.133. The second-order valence-electron chi connectivity index (χ2n) is 5.91. The van der Waals surface area contributed by atoms with Gasteiger partial charge in [-0.15, -0.1) is 0 Å². The fourth-order valence-electron chi connectivity index (χ4n) is 3.18. The lowest BCUT2D eigenvalue weighted by Crippen LogP contribution is -2.45. The maximum absolute atomic E-state index is 12.5. The molecule has 1 aromatic rings. The van der Waals surface area contributed by atoms with E-state index in [1.165, 1.54) is 4.90 Å². The predicted molar refractivity (Wildman–Crippen MR) is 82.9 cm³/mol. The number of carbonyl (C=O) groups is 2. The van der Waals surface area contributed by atoms with Crippen LogP contribution in [-0.4, -0.2) is 53.0 Å². The Bertz CT molecular complexity index is 591. The van der Waals surface area contributed by atoms with Gasteiger partial charge in [0.15, 0.2) is 0 Å². The van der Waals surface area contributed by atoms with Gasteiger partial charge in [0.25, 0.3) is 5.91 Å². The first kappa shape index (κ1) is 14.8. The number of carbonyl (C=O) groups excluding carboxylic acids is 2. The Morgan fingerprint density at radius 2 is 2.05 bits per heavy atom. The number of amides is 2. The van der Waals surface area contributed by atoms with Gasteiger partial charge in [0.1, 0.15) is 6.54 Å². The molecular formula is C17H20N2O3. The van der Waals surface area contributed by atoms with E-state index in [0.717, 1.165) is 18.4 Å². The number of fused-ring (bicyclic) bond motifs is 1. The molecule has 1 aromatic carbocycles. The average molecular weight is 300 g/mol. The molecule has 2 aliphatic rings. The zero-order valence-corrected chi connectivity index (χ0v) is 12.5. The normalized spacial score (nSPS) is 21.2. The van der Waals surface area contributed by atoms with Crippen LogP contribution in [0.5, 0.6) is 0 Å². The summed E-state index contributed by atoms with van der Waals surface area (Å²) in [5, 5.41) is 9.26. The van der Waals surface area contributed by atoms with Crippen LogP contribution in [0.15, 0.2) is 30.8 Å². The summed E-state index contributed by atoms with van der Waals surface area (Å²) in [5.74, 6) is -0.0995. The first-order valence-corrected chi connectivity index (χ1v) is 7.60. The third-order valence-electron chi connectivity index (χ3n) is 4.46. The van der Waals surface area contributed by atoms with Crippen molar-refractivity contribution in [2.45, 2.75) is 12.8 Å². The minimum Gasteiger partial charge on any atom is -0.396 e. The lowest BCUT2D eigenvalue weighted by atomic mass is 9.99. The third-order valence-corrected chi connectivity index (χ3v) is 4.46. The van der Waals surface area contributed by atoms with Crippen LogP contribution in [-0.2, 0) is 4.79 Å². The Kier molecular flexibility index (Phi) is 3.98. The summed E-state index contributed by atoms with van der Waals surface area (Å²) in [5.41, 5.74) is 1.99. The molecule has 1 saturated heterocycles. The highest BCUT2D eigenvalue weighted by molar-refractivity contribution is 6.10. The monoisotopic (exact) mass is 300 g/mol. The van der Waals surface area contributed by atoms with Gasteiger partial charge in [-0.1, -0.05) is 24.8 Å². The molecule has 2 heterocycles. The van der Waals surface area contributed by atoms with Gasteiger partial charge in [-0.3, -0.25) is 14.5 Å². The van der Waals surface area contributed by atoms with E-state index in [2.05, 4.69) is 6.58 Å². The summed E-state index contributed by atoms with van der Waals surface area (Å²) in [7, 11) is 0. The molecular weight excluding hydrogens is 280 g/mol. The number of piperidine rings is 1. The van der Waals surface area contributed by atoms with E-state index in [4.69, 9.17) is 0 Å². The van der Waals surface area contributed by atoms with Crippen molar-refractivity contribution in [3.05, 3.63) is 42.0 Å². The molecule has 1 N–H and O–H groups in total. The summed E-state index contributed by atoms with van der Waals surface area (Å²) < 4.78 is 0. The summed E-state index contributed by atoms with van der Waals surface area (Å²) >= 11 is 0. The maximum Gasteiger partial charge on any atom is 0.259 e. The first-order chi connectivity index (χ1) is 10.6. The molecule has 2 amide bonds. The minimum absolute atomic E-state index is 0.0183. The van der Waals surface area contributed by atoms with E-state index in [9.17, 15) is 14.7 Å². The number of hydrogen-bond acceptors (Lipinski definition) is 3. The molecule has 0 bridgehead atoms. The highest BCUT2D eigenvalue weighted by atomic mass is 16.3. The quantitative estimate of drug-likeness (QED) is 0.916. The number of likely N-dealkylation sites (tertiary alicyclic amines) is 1. The number of nitrogens with zero attached hydrogens (tertiary/aromatic N) is 2. The highest BCUT2D eigenvalue weighted by Gasteiger charge is 2.33. The van der Waals surface area contributed by atoms with E-state index >= 15 is 0 Å². The molecule has 1 unspecified atom stereocenters. The van der Waals surface area contributed by atoms with Crippen LogP contribution >= 0.6 is 0 Å². The predicted octanol–water partition coefficient (Wildman–Crippen LogP) is 1.34. The average Bonchev–Trinajstić information content (AvgIpc) is 2.80. The van der Waals surface area contributed by atoms with Crippen molar-refractivity contribution in [3.8, 4) is 0 Å². The molecule has 0 saturated carbocycles. The van der Waals surface area contributed by atoms with E-state index in [-0.39, 0.29) is 30.9 Å². The van der Waals surface area contributed by atoms with Gasteiger partial charge in [0.2, 0.25) is 5.91 Å². The zero-order chi connectivity index (χ0) is 15.7. The lowest BCUT2D eigenvalue weighted by Gasteiger charge is -2.33. The van der Waals surface area contributed by atoms with Crippen molar-refractivity contribution in [2.75, 3.05) is 26.2 Å². The molecule has 0 aliphatic carbocycles. The Hall–Kier alpha value is -2.14. The zero-order valence-electron chi connectivity index (χ0n) is 12.5. The highest BCUT2D eigenvalue weighted by Crippen LogP contribution is 2.31. The Morgan fingerprint density at radius 3 is 2.73 bits per heavy atom. The van der Waals surface area contributed by atoms with Gasteiger partial charge in [0.05, 0.1) is 0 Å². The van der Waals surface area contributed by atoms with Crippen molar-refractivity contribution >= 4 is 17.5 Å². The SMILES string of the molecule is C=C1c2ccccc2C(=O)N1CC(=O)N1CCCC(CO)C1. The molecule has 3 rings (SSSR count). The first-order valence-electron chi connectivity index (χ1n) is 7.60. The van der Waals surface area contributed by atoms with E-state index in [0.29, 0.717) is 24.4 Å². The van der Waals surface area contributed by atoms with Crippen LogP contribution in [0.2, 0.25) is 0 Å². The Morgan fingerprint density at radius 1 is 1.32 bits per heavy atom. The van der Waals surface area contributed by atoms with Gasteiger partial charge in [-0.2, -0.15) is 0 Å². The summed E-state index contributed by atoms with van der Waals surface area (Å²) in [4.78, 5) is 28.1. The Balaban J connectivity index is 1.70. The van der Waals surface area contributed by atoms with E-state index in [1.807, 2.05) is 18.2 Å². The van der Waals surface area contributed by atoms with Crippen molar-refractivity contribution in [2.24, 2.45) is 5.92 Å². The number of hydrogen-bond donors (Lipinski definition) is 1. The number of benzene rings is 1. The largest absolute Gasteiger partial charge is 0.396 e. The maximum atomic E-state index is 12.5. The van der Waals surface area contributed by atoms with Crippen LogP contribution in [0.4, 0.5) is 0 Å². The molecule has 5 heteroatoms. The number of aliphatic hydroxyl groups is 1. The van der Waals surface area contributed by atoms with E-state index in [1.54, 1.807) is 11.0 Å². The second kappa shape index (κ2) is 5.93. The van der Waals surface area contributed by atoms with Crippen molar-refractivity contribution in [1.29, 1.82) is 0 Å². The molecule has 22 heavy (non-hydrogen) atoms. The van der Waals surface area contributed by atoms with Crippen LogP contribution in [0.1, 0.15) is 28.8 Å². The Labute approximate surface area is 129 Å². The molecule has 0 spiro atoms. The summed E-state index contributed by atoms with van der Waals surface area (Å²) in [6.45, 7) is 5.33. The topological polar surface area (TPSA) is 60.9 Å². The molecule has 5 nitrogen and oxygen atoms in total. The summed E-state index contributed by atoms with van der Waals surface area (Å²) in [6, 6.07) is 7.28. The second-order valence-corrected chi connectivity index (χ2v) is 5.91. The van der Waals surface area contributed by atoms with Gasteiger partial charge >= 0.3 is 0 Å². The fourth-order valence-corrected chi connectivity index (χ4v) is 3.18. The standard InChI is InChI=1S/C17H20N2O3/c1-12-14-6-2-3-7-15(14)17(22)19(12)10-16(21)18-8-4-5-13(9-18)11-20/h2-3,6-7,13,20H,1,4-5,8-11H2. The van der Waals surface area contributed by atoms with Crippen LogP contribution < -0.4 is 0 Å². The van der Waals surface area contributed by atoms with Crippen molar-refractivity contribution < 1.29 is 14.7 Å². The molecule has 1 fully saturated rings. The van der Waals surface area contributed by atoms with Gasteiger partial charge in [-0.05, 0) is 24.8 Å². The van der Waals surface area contributed by atoms with Crippen LogP contribution in [0, 0.1) is 5.92 Å². The van der Waals surface area contributed by atoms with Gasteiger partial charge in [0, 0.05) is 36.5 Å². The summed E-state index contributed by atoms with van der Waals surface area (Å²) in [6.07, 6.45) is 1.84. The van der Waals surface area contributed by atoms with Crippen LogP contribution in [0.3, 0.4) is 0 Å². The van der Waals surface area contributed by atoms with Crippen molar-refractivity contribution in [1.82, 2.24) is 9.80 Å². The molecule has 0 radical (unpaired) electrons. The molecule has 2 aliphatic heterocycles. The minimum atomic E-state index is -0.162. The molecule has 0 aromatic heterocycles. The van der Waals surface area contributed by atoms with Gasteiger partial charge in [-0.25, -0.2) is 0 Å². The van der Waals surface area contributed by atoms with Gasteiger partial charge < -0.3 is 10.0 Å². The fraction of sp³-hybridized carbons (Fsp3) is 0.412. The van der Waals surface area contributed by atoms with Crippen LogP contribution in [0.25, 0.3) is 5.70 Å². The molecule has 116 valence electrons.